The lowest BCUT2D eigenvalue weighted by molar-refractivity contribution is -0.136. The smallest absolute Gasteiger partial charge is 0.307 e. The molecule has 0 atom stereocenters. The number of carbonyl (C=O) groups is 1. The second-order valence-electron chi connectivity index (χ2n) is 3.61. The average molecular weight is 211 g/mol. The molecule has 1 N–H and O–H groups in total. The molecule has 0 spiro atoms. The van der Waals surface area contributed by atoms with Crippen LogP contribution >= 0.6 is 0 Å². The number of carboxylic acids is 1. The largest absolute Gasteiger partial charge is 0.481 e. The molecule has 0 radical (unpaired) electrons. The minimum absolute atomic E-state index is 0.0899. The van der Waals surface area contributed by atoms with Crippen molar-refractivity contribution in [3.63, 3.8) is 0 Å². The molecule has 0 aromatic carbocycles. The van der Waals surface area contributed by atoms with Crippen LogP contribution in [0.15, 0.2) is 6.07 Å². The maximum atomic E-state index is 10.6. The molecule has 84 valence electrons. The first kappa shape index (κ1) is 11.8. The summed E-state index contributed by atoms with van der Waals surface area (Å²) in [4.78, 5) is 10.6. The molecule has 0 aliphatic heterocycles. The molecular weight excluding hydrogens is 194 g/mol. The lowest BCUT2D eigenvalue weighted by Crippen LogP contribution is -2.08. The Morgan fingerprint density at radius 3 is 2.73 bits per heavy atom. The molecule has 4 nitrogen and oxygen atoms in total. The Balaban J connectivity index is 2.87. The molecule has 1 aromatic heterocycles. The van der Waals surface area contributed by atoms with Crippen LogP contribution in [0.1, 0.15) is 17.0 Å². The van der Waals surface area contributed by atoms with E-state index in [-0.39, 0.29) is 6.42 Å². The first-order valence-electron chi connectivity index (χ1n) is 4.92. The van der Waals surface area contributed by atoms with Gasteiger partial charge in [-0.3, -0.25) is 4.79 Å². The van der Waals surface area contributed by atoms with Gasteiger partial charge in [0.2, 0.25) is 0 Å². The van der Waals surface area contributed by atoms with Crippen LogP contribution in [-0.4, -0.2) is 29.4 Å². The van der Waals surface area contributed by atoms with Crippen molar-refractivity contribution in [3.8, 4) is 0 Å². The second-order valence-corrected chi connectivity index (χ2v) is 3.61. The predicted octanol–water partition coefficient (Wildman–Crippen LogP) is 1.38. The number of hydrogen-bond donors (Lipinski definition) is 1. The van der Waals surface area contributed by atoms with E-state index in [2.05, 4.69) is 4.57 Å². The molecule has 0 amide bonds. The molecule has 0 saturated heterocycles. The highest BCUT2D eigenvalue weighted by atomic mass is 16.5. The van der Waals surface area contributed by atoms with Gasteiger partial charge in [0.25, 0.3) is 0 Å². The summed E-state index contributed by atoms with van der Waals surface area (Å²) in [5, 5.41) is 8.73. The molecule has 0 unspecified atom stereocenters. The zero-order valence-corrected chi connectivity index (χ0v) is 9.41. The highest BCUT2D eigenvalue weighted by molar-refractivity contribution is 5.70. The highest BCUT2D eigenvalue weighted by Crippen LogP contribution is 2.15. The minimum atomic E-state index is -0.790. The zero-order valence-electron chi connectivity index (χ0n) is 9.41. The Kier molecular flexibility index (Phi) is 3.91. The third-order valence-corrected chi connectivity index (χ3v) is 2.54. The van der Waals surface area contributed by atoms with E-state index in [1.54, 1.807) is 7.11 Å². The summed E-state index contributed by atoms with van der Waals surface area (Å²) in [5.41, 5.74) is 2.99. The Morgan fingerprint density at radius 2 is 2.20 bits per heavy atom. The molecule has 1 heterocycles. The number of carboxylic acid groups (broad SMARTS) is 1. The minimum Gasteiger partial charge on any atom is -0.481 e. The molecule has 1 aromatic rings. The van der Waals surface area contributed by atoms with Crippen LogP contribution in [-0.2, 0) is 22.5 Å². The molecule has 0 aliphatic carbocycles. The van der Waals surface area contributed by atoms with E-state index < -0.39 is 5.97 Å². The van der Waals surface area contributed by atoms with E-state index in [1.165, 1.54) is 0 Å². The maximum absolute atomic E-state index is 10.6. The van der Waals surface area contributed by atoms with Gasteiger partial charge in [-0.2, -0.15) is 0 Å². The topological polar surface area (TPSA) is 51.5 Å². The highest BCUT2D eigenvalue weighted by Gasteiger charge is 2.11. The van der Waals surface area contributed by atoms with E-state index in [9.17, 15) is 4.79 Å². The lowest BCUT2D eigenvalue weighted by Gasteiger charge is -2.08. The Labute approximate surface area is 89.5 Å². The third kappa shape index (κ3) is 2.83. The number of aliphatic carboxylic acids is 1. The van der Waals surface area contributed by atoms with E-state index in [4.69, 9.17) is 9.84 Å². The molecule has 0 bridgehead atoms. The van der Waals surface area contributed by atoms with Gasteiger partial charge in [-0.05, 0) is 25.5 Å². The number of nitrogens with zero attached hydrogens (tertiary/aromatic N) is 1. The van der Waals surface area contributed by atoms with Crippen molar-refractivity contribution in [2.24, 2.45) is 0 Å². The fourth-order valence-corrected chi connectivity index (χ4v) is 1.74. The number of rotatable bonds is 5. The van der Waals surface area contributed by atoms with Crippen molar-refractivity contribution >= 4 is 5.97 Å². The Hall–Kier alpha value is -1.29. The number of methoxy groups -OCH3 is 1. The van der Waals surface area contributed by atoms with Crippen LogP contribution < -0.4 is 0 Å². The van der Waals surface area contributed by atoms with E-state index in [1.807, 2.05) is 19.9 Å². The van der Waals surface area contributed by atoms with Crippen molar-refractivity contribution in [2.45, 2.75) is 26.8 Å². The lowest BCUT2D eigenvalue weighted by atomic mass is 10.2. The fraction of sp³-hybridized carbons (Fsp3) is 0.545. The molecule has 1 rings (SSSR count). The standard InChI is InChI=1S/C11H17NO3/c1-8-6-10(7-11(13)14)9(2)12(8)4-5-15-3/h6H,4-5,7H2,1-3H3,(H,13,14). The molecular formula is C11H17NO3. The first-order valence-corrected chi connectivity index (χ1v) is 4.92. The van der Waals surface area contributed by atoms with Crippen LogP contribution in [0.5, 0.6) is 0 Å². The normalized spacial score (nSPS) is 10.6. The predicted molar refractivity (Wildman–Crippen MR) is 57.1 cm³/mol. The fourth-order valence-electron chi connectivity index (χ4n) is 1.74. The van der Waals surface area contributed by atoms with Gasteiger partial charge in [0, 0.05) is 25.0 Å². The van der Waals surface area contributed by atoms with Gasteiger partial charge in [0.05, 0.1) is 13.0 Å². The third-order valence-electron chi connectivity index (χ3n) is 2.54. The summed E-state index contributed by atoms with van der Waals surface area (Å²) in [6.07, 6.45) is 0.0899. The number of aryl methyl sites for hydroxylation is 1. The summed E-state index contributed by atoms with van der Waals surface area (Å²) >= 11 is 0. The second kappa shape index (κ2) is 4.98. The van der Waals surface area contributed by atoms with Gasteiger partial charge in [0.1, 0.15) is 0 Å². The van der Waals surface area contributed by atoms with E-state index in [0.717, 1.165) is 23.5 Å². The van der Waals surface area contributed by atoms with Crippen LogP contribution in [0, 0.1) is 13.8 Å². The monoisotopic (exact) mass is 211 g/mol. The molecule has 0 saturated carbocycles. The summed E-state index contributed by atoms with van der Waals surface area (Å²) in [5.74, 6) is -0.790. The SMILES string of the molecule is COCCn1c(C)cc(CC(=O)O)c1C. The summed E-state index contributed by atoms with van der Waals surface area (Å²) < 4.78 is 7.09. The molecule has 0 aliphatic rings. The molecule has 4 heteroatoms. The van der Waals surface area contributed by atoms with Crippen molar-refractivity contribution in [1.29, 1.82) is 0 Å². The van der Waals surface area contributed by atoms with Gasteiger partial charge in [-0.25, -0.2) is 0 Å². The number of hydrogen-bond acceptors (Lipinski definition) is 2. The van der Waals surface area contributed by atoms with Gasteiger partial charge in [-0.1, -0.05) is 0 Å². The summed E-state index contributed by atoms with van der Waals surface area (Å²) in [6.45, 7) is 5.34. The van der Waals surface area contributed by atoms with Gasteiger partial charge in [0.15, 0.2) is 0 Å². The van der Waals surface area contributed by atoms with Crippen LogP contribution in [0.2, 0.25) is 0 Å². The average Bonchev–Trinajstić information content (AvgIpc) is 2.39. The van der Waals surface area contributed by atoms with Crippen molar-refractivity contribution in [1.82, 2.24) is 4.57 Å². The Bertz CT molecular complexity index is 355. The van der Waals surface area contributed by atoms with E-state index in [0.29, 0.717) is 6.61 Å². The number of aromatic nitrogens is 1. The van der Waals surface area contributed by atoms with Crippen LogP contribution in [0.25, 0.3) is 0 Å². The Morgan fingerprint density at radius 1 is 1.53 bits per heavy atom. The summed E-state index contributed by atoms with van der Waals surface area (Å²) in [6, 6.07) is 1.93. The summed E-state index contributed by atoms with van der Waals surface area (Å²) in [7, 11) is 1.66. The van der Waals surface area contributed by atoms with Gasteiger partial charge >= 0.3 is 5.97 Å². The van der Waals surface area contributed by atoms with Crippen LogP contribution in [0.4, 0.5) is 0 Å². The zero-order chi connectivity index (χ0) is 11.4. The van der Waals surface area contributed by atoms with E-state index >= 15 is 0 Å². The maximum Gasteiger partial charge on any atom is 0.307 e. The van der Waals surface area contributed by atoms with Crippen molar-refractivity contribution in [2.75, 3.05) is 13.7 Å². The van der Waals surface area contributed by atoms with Crippen molar-refractivity contribution in [3.05, 3.63) is 23.0 Å². The molecule has 15 heavy (non-hydrogen) atoms. The van der Waals surface area contributed by atoms with Crippen LogP contribution in [0.3, 0.4) is 0 Å². The van der Waals surface area contributed by atoms with Gasteiger partial charge in [-0.15, -0.1) is 0 Å². The quantitative estimate of drug-likeness (QED) is 0.800. The number of ether oxygens (including phenoxy) is 1. The van der Waals surface area contributed by atoms with Gasteiger partial charge < -0.3 is 14.4 Å². The first-order chi connectivity index (χ1) is 7.06. The molecule has 0 fully saturated rings. The van der Waals surface area contributed by atoms with Crippen molar-refractivity contribution < 1.29 is 14.6 Å².